The van der Waals surface area contributed by atoms with Gasteiger partial charge in [0, 0.05) is 5.56 Å². The van der Waals surface area contributed by atoms with Gasteiger partial charge in [-0.15, -0.1) is 0 Å². The smallest absolute Gasteiger partial charge is 0.285 e. The van der Waals surface area contributed by atoms with Crippen LogP contribution in [-0.4, -0.2) is 26.3 Å². The second kappa shape index (κ2) is 7.50. The molecule has 1 saturated heterocycles. The number of phenols is 1. The van der Waals surface area contributed by atoms with Crippen LogP contribution in [0.1, 0.15) is 11.1 Å². The highest BCUT2D eigenvalue weighted by Crippen LogP contribution is 2.32. The Hall–Kier alpha value is -2.64. The molecule has 1 fully saturated rings. The fourth-order valence-electron chi connectivity index (χ4n) is 2.26. The van der Waals surface area contributed by atoms with E-state index in [1.165, 1.54) is 6.07 Å². The van der Waals surface area contributed by atoms with Crippen LogP contribution in [0.5, 0.6) is 5.75 Å². The molecule has 2 amide bonds. The molecule has 1 aliphatic rings. The first-order valence-corrected chi connectivity index (χ1v) is 8.66. The molecule has 0 bridgehead atoms. The summed E-state index contributed by atoms with van der Waals surface area (Å²) in [6.07, 6.45) is 1.70. The van der Waals surface area contributed by atoms with Gasteiger partial charge in [-0.25, -0.2) is 0 Å². The fourth-order valence-corrected chi connectivity index (χ4v) is 3.43. The summed E-state index contributed by atoms with van der Waals surface area (Å²) in [7, 11) is 0. The molecule has 0 unspecified atom stereocenters. The number of carbonyl (C=O) groups excluding carboxylic acids is 2. The Morgan fingerprint density at radius 3 is 2.56 bits per heavy atom. The number of hydrazine groups is 1. The third kappa shape index (κ3) is 4.07. The van der Waals surface area contributed by atoms with Crippen LogP contribution in [0.4, 0.5) is 0 Å². The summed E-state index contributed by atoms with van der Waals surface area (Å²) in [5.74, 6) is -0.674. The van der Waals surface area contributed by atoms with Crippen LogP contribution in [0.25, 0.3) is 6.08 Å². The van der Waals surface area contributed by atoms with Crippen LogP contribution in [0, 0.1) is 0 Å². The summed E-state index contributed by atoms with van der Waals surface area (Å²) >= 11 is 6.25. The molecule has 25 heavy (non-hydrogen) atoms. The highest BCUT2D eigenvalue weighted by atomic mass is 32.2. The largest absolute Gasteiger partial charge is 0.507 e. The Morgan fingerprint density at radius 2 is 1.84 bits per heavy atom. The summed E-state index contributed by atoms with van der Waals surface area (Å²) in [6, 6.07) is 15.9. The average molecular weight is 370 g/mol. The Labute approximate surface area is 154 Å². The van der Waals surface area contributed by atoms with E-state index < -0.39 is 5.91 Å². The number of thioether (sulfide) groups is 1. The molecule has 2 aromatic rings. The lowest BCUT2D eigenvalue weighted by Gasteiger charge is -2.15. The molecule has 0 radical (unpaired) electrons. The lowest BCUT2D eigenvalue weighted by atomic mass is 10.1. The molecular weight excluding hydrogens is 356 g/mol. The number of thiocarbonyl (C=S) groups is 1. The van der Waals surface area contributed by atoms with Gasteiger partial charge in [-0.05, 0) is 29.9 Å². The molecule has 0 spiro atoms. The van der Waals surface area contributed by atoms with Crippen molar-refractivity contribution in [2.75, 3.05) is 0 Å². The zero-order valence-corrected chi connectivity index (χ0v) is 14.6. The van der Waals surface area contributed by atoms with Crippen molar-refractivity contribution in [2.45, 2.75) is 6.42 Å². The van der Waals surface area contributed by atoms with E-state index in [4.69, 9.17) is 12.2 Å². The highest BCUT2D eigenvalue weighted by Gasteiger charge is 2.33. The number of carbonyl (C=O) groups is 2. The van der Waals surface area contributed by atoms with Crippen molar-refractivity contribution in [3.8, 4) is 5.75 Å². The Kier molecular flexibility index (Phi) is 5.16. The lowest BCUT2D eigenvalue weighted by Crippen LogP contribution is -2.45. The number of nitrogens with one attached hydrogen (secondary N) is 1. The Morgan fingerprint density at radius 1 is 1.16 bits per heavy atom. The van der Waals surface area contributed by atoms with E-state index in [2.05, 4.69) is 5.43 Å². The van der Waals surface area contributed by atoms with E-state index in [0.29, 0.717) is 10.5 Å². The van der Waals surface area contributed by atoms with Gasteiger partial charge >= 0.3 is 0 Å². The second-order valence-electron chi connectivity index (χ2n) is 5.27. The van der Waals surface area contributed by atoms with Gasteiger partial charge in [-0.2, -0.15) is 5.01 Å². The van der Waals surface area contributed by atoms with Gasteiger partial charge in [-0.1, -0.05) is 60.3 Å². The third-order valence-corrected chi connectivity index (χ3v) is 4.76. The predicted molar refractivity (Wildman–Crippen MR) is 101 cm³/mol. The van der Waals surface area contributed by atoms with E-state index in [1.807, 2.05) is 30.3 Å². The van der Waals surface area contributed by atoms with Gasteiger partial charge in [0.25, 0.3) is 5.91 Å². The monoisotopic (exact) mass is 370 g/mol. The minimum absolute atomic E-state index is 0.0703. The minimum Gasteiger partial charge on any atom is -0.507 e. The van der Waals surface area contributed by atoms with Crippen LogP contribution < -0.4 is 5.43 Å². The van der Waals surface area contributed by atoms with Crippen molar-refractivity contribution in [1.82, 2.24) is 10.4 Å². The molecule has 126 valence electrons. The molecule has 5 nitrogen and oxygen atoms in total. The number of benzene rings is 2. The molecule has 0 saturated carbocycles. The first-order valence-electron chi connectivity index (χ1n) is 7.44. The maximum Gasteiger partial charge on any atom is 0.285 e. The normalized spacial score (nSPS) is 15.7. The number of para-hydroxylation sites is 1. The van der Waals surface area contributed by atoms with Crippen LogP contribution in [0.15, 0.2) is 59.5 Å². The second-order valence-corrected chi connectivity index (χ2v) is 6.95. The molecule has 0 aliphatic carbocycles. The van der Waals surface area contributed by atoms with E-state index in [0.717, 1.165) is 22.3 Å². The maximum absolute atomic E-state index is 12.5. The molecule has 7 heteroatoms. The first-order chi connectivity index (χ1) is 12.0. The van der Waals surface area contributed by atoms with Crippen LogP contribution in [-0.2, 0) is 16.0 Å². The van der Waals surface area contributed by atoms with Crippen LogP contribution in [0.2, 0.25) is 0 Å². The molecule has 3 rings (SSSR count). The quantitative estimate of drug-likeness (QED) is 0.640. The van der Waals surface area contributed by atoms with E-state index in [9.17, 15) is 14.7 Å². The summed E-state index contributed by atoms with van der Waals surface area (Å²) in [6.45, 7) is 0. The number of aromatic hydroxyl groups is 1. The molecule has 0 aromatic heterocycles. The summed E-state index contributed by atoms with van der Waals surface area (Å²) in [5.41, 5.74) is 3.89. The van der Waals surface area contributed by atoms with Crippen molar-refractivity contribution in [3.63, 3.8) is 0 Å². The number of nitrogens with zero attached hydrogens (tertiary/aromatic N) is 1. The maximum atomic E-state index is 12.5. The standard InChI is InChI=1S/C18H14N2O3S2/c21-14-9-5-4-8-13(14)11-15-17(23)20(18(24)25-15)19-16(22)10-12-6-2-1-3-7-12/h1-9,11,21H,10H2,(H,19,22). The van der Waals surface area contributed by atoms with Crippen molar-refractivity contribution in [2.24, 2.45) is 0 Å². The van der Waals surface area contributed by atoms with Crippen molar-refractivity contribution in [1.29, 1.82) is 0 Å². The molecule has 1 heterocycles. The summed E-state index contributed by atoms with van der Waals surface area (Å²) in [4.78, 5) is 25.0. The Balaban J connectivity index is 1.71. The SMILES string of the molecule is O=C(Cc1ccccc1)NN1C(=O)C(=Cc2ccccc2O)SC1=S. The third-order valence-electron chi connectivity index (χ3n) is 3.46. The molecular formula is C18H14N2O3S2. The first kappa shape index (κ1) is 17.2. The van der Waals surface area contributed by atoms with Crippen LogP contribution in [0.3, 0.4) is 0 Å². The summed E-state index contributed by atoms with van der Waals surface area (Å²) < 4.78 is 0.244. The Bertz CT molecular complexity index is 866. The van der Waals surface area contributed by atoms with Crippen molar-refractivity contribution >= 4 is 46.2 Å². The minimum atomic E-state index is -0.417. The zero-order valence-electron chi connectivity index (χ0n) is 13.0. The predicted octanol–water partition coefficient (Wildman–Crippen LogP) is 2.87. The van der Waals surface area contributed by atoms with Crippen molar-refractivity contribution in [3.05, 3.63) is 70.6 Å². The van der Waals surface area contributed by atoms with Crippen LogP contribution >= 0.6 is 24.0 Å². The molecule has 0 atom stereocenters. The molecule has 2 N–H and O–H groups in total. The number of rotatable bonds is 4. The molecule has 2 aromatic carbocycles. The van der Waals surface area contributed by atoms with E-state index >= 15 is 0 Å². The van der Waals surface area contributed by atoms with E-state index in [-0.39, 0.29) is 22.4 Å². The average Bonchev–Trinajstić information content (AvgIpc) is 2.85. The van der Waals surface area contributed by atoms with Gasteiger partial charge in [0.1, 0.15) is 5.75 Å². The number of phenolic OH excluding ortho intramolecular Hbond substituents is 1. The zero-order chi connectivity index (χ0) is 17.8. The van der Waals surface area contributed by atoms with E-state index in [1.54, 1.807) is 24.3 Å². The highest BCUT2D eigenvalue weighted by molar-refractivity contribution is 8.26. The topological polar surface area (TPSA) is 69.6 Å². The van der Waals surface area contributed by atoms with Gasteiger partial charge in [0.2, 0.25) is 5.91 Å². The fraction of sp³-hybridized carbons (Fsp3) is 0.0556. The van der Waals surface area contributed by atoms with Gasteiger partial charge in [0.05, 0.1) is 11.3 Å². The van der Waals surface area contributed by atoms with Gasteiger partial charge < -0.3 is 5.11 Å². The number of hydrogen-bond acceptors (Lipinski definition) is 5. The van der Waals surface area contributed by atoms with Crippen molar-refractivity contribution < 1.29 is 14.7 Å². The lowest BCUT2D eigenvalue weighted by molar-refractivity contribution is -0.132. The van der Waals surface area contributed by atoms with Gasteiger partial charge in [-0.3, -0.25) is 15.0 Å². The summed E-state index contributed by atoms with van der Waals surface area (Å²) in [5, 5.41) is 10.9. The number of amides is 2. The number of hydrogen-bond donors (Lipinski definition) is 2. The van der Waals surface area contributed by atoms with Gasteiger partial charge in [0.15, 0.2) is 4.32 Å². The molecule has 1 aliphatic heterocycles.